The molecule has 0 aliphatic heterocycles. The first-order valence-corrected chi connectivity index (χ1v) is 6.86. The zero-order chi connectivity index (χ0) is 14.4. The molecule has 4 heteroatoms. The average Bonchev–Trinajstić information content (AvgIpc) is 2.48. The third-order valence-electron chi connectivity index (χ3n) is 2.97. The molecule has 0 aliphatic rings. The quantitative estimate of drug-likeness (QED) is 0.839. The summed E-state index contributed by atoms with van der Waals surface area (Å²) in [4.78, 5) is 0. The van der Waals surface area contributed by atoms with E-state index in [1.54, 1.807) is 7.11 Å². The van der Waals surface area contributed by atoms with E-state index in [0.717, 1.165) is 17.0 Å². The Kier molecular flexibility index (Phi) is 4.96. The lowest BCUT2D eigenvalue weighted by molar-refractivity contribution is 0.413. The second-order valence-electron chi connectivity index (χ2n) is 4.46. The second-order valence-corrected chi connectivity index (χ2v) is 4.87. The van der Waals surface area contributed by atoms with Crippen LogP contribution in [0.4, 0.5) is 5.69 Å². The summed E-state index contributed by atoms with van der Waals surface area (Å²) in [6, 6.07) is 17.9. The van der Waals surface area contributed by atoms with E-state index in [4.69, 9.17) is 17.0 Å². The van der Waals surface area contributed by atoms with Gasteiger partial charge in [0.25, 0.3) is 0 Å². The molecule has 104 valence electrons. The summed E-state index contributed by atoms with van der Waals surface area (Å²) in [6.07, 6.45) is 0. The van der Waals surface area contributed by atoms with Crippen molar-refractivity contribution in [2.24, 2.45) is 0 Å². The van der Waals surface area contributed by atoms with Gasteiger partial charge in [-0.15, -0.1) is 0 Å². The summed E-state index contributed by atoms with van der Waals surface area (Å²) in [7, 11) is 1.67. The van der Waals surface area contributed by atoms with E-state index in [0.29, 0.717) is 5.11 Å². The Morgan fingerprint density at radius 3 is 2.55 bits per heavy atom. The molecule has 20 heavy (non-hydrogen) atoms. The van der Waals surface area contributed by atoms with Crippen LogP contribution in [-0.2, 0) is 0 Å². The van der Waals surface area contributed by atoms with Crippen LogP contribution in [0.15, 0.2) is 54.6 Å². The number of hydrogen-bond donors (Lipinski definition) is 2. The number of hydrogen-bond acceptors (Lipinski definition) is 2. The lowest BCUT2D eigenvalue weighted by Gasteiger charge is -2.18. The molecule has 0 aromatic heterocycles. The molecular weight excluding hydrogens is 268 g/mol. The molecule has 1 unspecified atom stereocenters. The number of para-hydroxylation sites is 1. The first-order valence-electron chi connectivity index (χ1n) is 6.45. The van der Waals surface area contributed by atoms with E-state index >= 15 is 0 Å². The van der Waals surface area contributed by atoms with Gasteiger partial charge in [0.2, 0.25) is 0 Å². The molecule has 0 heterocycles. The molecule has 0 saturated heterocycles. The number of benzene rings is 2. The van der Waals surface area contributed by atoms with Crippen LogP contribution in [0.2, 0.25) is 0 Å². The molecule has 0 saturated carbocycles. The number of ether oxygens (including phenoxy) is 1. The van der Waals surface area contributed by atoms with E-state index < -0.39 is 0 Å². The Hall–Kier alpha value is -2.07. The first kappa shape index (κ1) is 14.3. The molecular formula is C16H18N2OS. The minimum Gasteiger partial charge on any atom is -0.497 e. The summed E-state index contributed by atoms with van der Waals surface area (Å²) in [5.41, 5.74) is 2.10. The fourth-order valence-electron chi connectivity index (χ4n) is 1.88. The van der Waals surface area contributed by atoms with E-state index in [1.165, 1.54) is 0 Å². The smallest absolute Gasteiger partial charge is 0.171 e. The van der Waals surface area contributed by atoms with Gasteiger partial charge >= 0.3 is 0 Å². The zero-order valence-electron chi connectivity index (χ0n) is 11.6. The van der Waals surface area contributed by atoms with Crippen LogP contribution in [0, 0.1) is 0 Å². The van der Waals surface area contributed by atoms with Gasteiger partial charge in [-0.2, -0.15) is 0 Å². The van der Waals surface area contributed by atoms with Crippen LogP contribution in [0.25, 0.3) is 0 Å². The highest BCUT2D eigenvalue weighted by Crippen LogP contribution is 2.18. The van der Waals surface area contributed by atoms with Gasteiger partial charge in [0.05, 0.1) is 13.2 Å². The summed E-state index contributed by atoms with van der Waals surface area (Å²) < 4.78 is 5.23. The molecule has 1 atom stereocenters. The van der Waals surface area contributed by atoms with Crippen molar-refractivity contribution in [1.82, 2.24) is 5.32 Å². The molecule has 0 fully saturated rings. The Morgan fingerprint density at radius 2 is 1.85 bits per heavy atom. The highest BCUT2D eigenvalue weighted by atomic mass is 32.1. The van der Waals surface area contributed by atoms with Crippen molar-refractivity contribution in [3.05, 3.63) is 60.2 Å². The minimum absolute atomic E-state index is 0.105. The molecule has 0 radical (unpaired) electrons. The Labute approximate surface area is 125 Å². The normalized spacial score (nSPS) is 11.5. The highest BCUT2D eigenvalue weighted by molar-refractivity contribution is 7.80. The van der Waals surface area contributed by atoms with Crippen LogP contribution in [0.1, 0.15) is 18.5 Å². The van der Waals surface area contributed by atoms with Crippen molar-refractivity contribution in [3.8, 4) is 5.75 Å². The summed E-state index contributed by atoms with van der Waals surface area (Å²) in [5, 5.41) is 7.02. The van der Waals surface area contributed by atoms with Crippen LogP contribution >= 0.6 is 12.2 Å². The molecule has 3 nitrogen and oxygen atoms in total. The van der Waals surface area contributed by atoms with Crippen molar-refractivity contribution < 1.29 is 4.74 Å². The van der Waals surface area contributed by atoms with Crippen molar-refractivity contribution >= 4 is 23.0 Å². The van der Waals surface area contributed by atoms with Gasteiger partial charge in [0.1, 0.15) is 5.75 Å². The predicted molar refractivity (Wildman–Crippen MR) is 87.2 cm³/mol. The van der Waals surface area contributed by atoms with Gasteiger partial charge in [-0.25, -0.2) is 0 Å². The largest absolute Gasteiger partial charge is 0.497 e. The molecule has 2 aromatic rings. The summed E-state index contributed by atoms with van der Waals surface area (Å²) in [6.45, 7) is 2.06. The van der Waals surface area contributed by atoms with Gasteiger partial charge in [-0.1, -0.05) is 30.3 Å². The van der Waals surface area contributed by atoms with E-state index in [2.05, 4.69) is 17.6 Å². The second kappa shape index (κ2) is 6.91. The zero-order valence-corrected chi connectivity index (χ0v) is 12.4. The number of methoxy groups -OCH3 is 1. The van der Waals surface area contributed by atoms with Gasteiger partial charge in [0.15, 0.2) is 5.11 Å². The third kappa shape index (κ3) is 3.96. The molecule has 2 aromatic carbocycles. The molecule has 2 N–H and O–H groups in total. The molecule has 0 aliphatic carbocycles. The average molecular weight is 286 g/mol. The van der Waals surface area contributed by atoms with Gasteiger partial charge < -0.3 is 15.4 Å². The number of rotatable bonds is 4. The number of thiocarbonyl (C=S) groups is 1. The first-order chi connectivity index (χ1) is 9.69. The summed E-state index contributed by atoms with van der Waals surface area (Å²) >= 11 is 5.32. The lowest BCUT2D eigenvalue weighted by Crippen LogP contribution is -2.30. The minimum atomic E-state index is 0.105. The molecule has 0 amide bonds. The maximum Gasteiger partial charge on any atom is 0.171 e. The van der Waals surface area contributed by atoms with Gasteiger partial charge in [0, 0.05) is 5.69 Å². The maximum absolute atomic E-state index is 5.32. The number of nitrogens with one attached hydrogen (secondary N) is 2. The fourth-order valence-corrected chi connectivity index (χ4v) is 2.17. The molecule has 2 rings (SSSR count). The highest BCUT2D eigenvalue weighted by Gasteiger charge is 2.07. The van der Waals surface area contributed by atoms with E-state index in [9.17, 15) is 0 Å². The number of anilines is 1. The maximum atomic E-state index is 5.32. The standard InChI is InChI=1S/C16H18N2OS/c1-12(13-7-6-10-15(11-13)19-2)17-16(20)18-14-8-4-3-5-9-14/h3-12H,1-2H3,(H2,17,18,20). The Balaban J connectivity index is 1.96. The third-order valence-corrected chi connectivity index (χ3v) is 3.19. The van der Waals surface area contributed by atoms with Crippen molar-refractivity contribution in [1.29, 1.82) is 0 Å². The fraction of sp³-hybridized carbons (Fsp3) is 0.188. The van der Waals surface area contributed by atoms with Gasteiger partial charge in [-0.05, 0) is 49.0 Å². The Morgan fingerprint density at radius 1 is 1.10 bits per heavy atom. The van der Waals surface area contributed by atoms with Crippen LogP contribution in [0.3, 0.4) is 0 Å². The van der Waals surface area contributed by atoms with Gasteiger partial charge in [-0.3, -0.25) is 0 Å². The SMILES string of the molecule is COc1cccc(C(C)NC(=S)Nc2ccccc2)c1. The van der Waals surface area contributed by atoms with E-state index in [-0.39, 0.29) is 6.04 Å². The van der Waals surface area contributed by atoms with Crippen molar-refractivity contribution in [3.63, 3.8) is 0 Å². The van der Waals surface area contributed by atoms with Crippen LogP contribution in [0.5, 0.6) is 5.75 Å². The van der Waals surface area contributed by atoms with Crippen LogP contribution in [-0.4, -0.2) is 12.2 Å². The van der Waals surface area contributed by atoms with Crippen molar-refractivity contribution in [2.75, 3.05) is 12.4 Å². The van der Waals surface area contributed by atoms with Crippen molar-refractivity contribution in [2.45, 2.75) is 13.0 Å². The monoisotopic (exact) mass is 286 g/mol. The molecule has 0 spiro atoms. The summed E-state index contributed by atoms with van der Waals surface area (Å²) in [5.74, 6) is 0.845. The van der Waals surface area contributed by atoms with E-state index in [1.807, 2.05) is 54.6 Å². The topological polar surface area (TPSA) is 33.3 Å². The predicted octanol–water partition coefficient (Wildman–Crippen LogP) is 3.74. The Bertz CT molecular complexity index is 572. The van der Waals surface area contributed by atoms with Crippen LogP contribution < -0.4 is 15.4 Å². The lowest BCUT2D eigenvalue weighted by atomic mass is 10.1. The molecule has 0 bridgehead atoms.